The largest absolute Gasteiger partial charge is 0.496 e. The van der Waals surface area contributed by atoms with Gasteiger partial charge in [0.05, 0.1) is 67.1 Å². The second-order valence-corrected chi connectivity index (χ2v) is 23.6. The molecule has 0 aliphatic carbocycles. The first-order chi connectivity index (χ1) is 34.8. The zero-order valence-electron chi connectivity index (χ0n) is 48.5. The molecule has 1 aliphatic heterocycles. The molecule has 0 atom stereocenters. The average molecular weight is 1020 g/mol. The minimum Gasteiger partial charge on any atom is -0.496 e. The zero-order valence-corrected chi connectivity index (χ0v) is 48.5. The molecule has 2 amide bonds. The number of likely N-dealkylation sites (N-methyl/N-ethyl adjacent to an activating group) is 2. The van der Waals surface area contributed by atoms with Crippen LogP contribution in [0, 0.1) is 0 Å². The van der Waals surface area contributed by atoms with Gasteiger partial charge in [-0.15, -0.1) is 0 Å². The van der Waals surface area contributed by atoms with E-state index in [4.69, 9.17) is 37.9 Å². The van der Waals surface area contributed by atoms with Crippen LogP contribution in [0.5, 0.6) is 23.0 Å². The summed E-state index contributed by atoms with van der Waals surface area (Å²) in [5.74, 6) is 2.28. The van der Waals surface area contributed by atoms with Gasteiger partial charge in [-0.3, -0.25) is 9.59 Å². The van der Waals surface area contributed by atoms with E-state index in [0.29, 0.717) is 49.2 Å². The van der Waals surface area contributed by atoms with Gasteiger partial charge in [0.1, 0.15) is 23.0 Å². The van der Waals surface area contributed by atoms with Crippen LogP contribution in [0.2, 0.25) is 0 Å². The molecule has 0 saturated carbocycles. The monoisotopic (exact) mass is 1020 g/mol. The minimum atomic E-state index is -0.256. The highest BCUT2D eigenvalue weighted by atomic mass is 16.5. The number of carbonyl (C=O) groups is 2. The van der Waals surface area contributed by atoms with E-state index in [2.05, 4.69) is 132 Å². The van der Waals surface area contributed by atoms with Crippen molar-refractivity contribution in [1.82, 2.24) is 9.80 Å². The van der Waals surface area contributed by atoms with Crippen LogP contribution in [0.4, 0.5) is 0 Å². The standard InChI is InChI=1S/C62H90N2O10/c1-19-63(20-2)53(65)39-73-57-45-27-51(61(11,12)13)29-47(57)37-72-38-48-30-52(62(14,15)16)28-46(58(48)74-40-54(66)64(21-3)22-4)36-71-34-44-26-50(60(8,9)10)24-42(56(44)68-18)32-69-31-41-23-49(59(5,6)7)25-43(33-70-35-45)55(41)67-17/h23-30H,19-22,31-40H2,1-18H3. The molecule has 0 spiro atoms. The van der Waals surface area contributed by atoms with Crippen molar-refractivity contribution in [3.63, 3.8) is 0 Å². The molecule has 4 aromatic carbocycles. The fraction of sp³-hybridized carbons (Fsp3) is 0.581. The topological polar surface area (TPSA) is 114 Å². The molecule has 0 fully saturated rings. The number of benzene rings is 4. The maximum Gasteiger partial charge on any atom is 0.260 e. The molecular weight excluding hydrogens is 933 g/mol. The van der Waals surface area contributed by atoms with Crippen LogP contribution in [0.15, 0.2) is 48.5 Å². The van der Waals surface area contributed by atoms with E-state index in [-0.39, 0.29) is 99.5 Å². The Labute approximate surface area is 444 Å². The van der Waals surface area contributed by atoms with Gasteiger partial charge in [-0.1, -0.05) is 83.1 Å². The predicted molar refractivity (Wildman–Crippen MR) is 294 cm³/mol. The molecule has 74 heavy (non-hydrogen) atoms. The van der Waals surface area contributed by atoms with Gasteiger partial charge < -0.3 is 47.7 Å². The SMILES string of the molecule is CCN(CC)C(=O)COc1c2cc(C(C)(C)C)cc1COCc1cc(C(C)(C)C)cc(c1OCC(=O)N(CC)CC)COCc1cc(C(C)(C)C)cc(c1OC)COCc1cc(C(C)(C)C)cc(c1OC)COC2. The summed E-state index contributed by atoms with van der Waals surface area (Å²) in [6.07, 6.45) is 0. The Hall–Kier alpha value is -5.14. The van der Waals surface area contributed by atoms with Gasteiger partial charge in [0, 0.05) is 70.7 Å². The van der Waals surface area contributed by atoms with Crippen molar-refractivity contribution >= 4 is 11.8 Å². The molecule has 12 nitrogen and oxygen atoms in total. The van der Waals surface area contributed by atoms with Crippen molar-refractivity contribution in [1.29, 1.82) is 0 Å². The maximum absolute atomic E-state index is 13.6. The Balaban J connectivity index is 1.73. The van der Waals surface area contributed by atoms with Gasteiger partial charge in [0.25, 0.3) is 11.8 Å². The molecule has 0 saturated heterocycles. The molecule has 0 unspecified atom stereocenters. The van der Waals surface area contributed by atoms with Crippen LogP contribution < -0.4 is 18.9 Å². The van der Waals surface area contributed by atoms with E-state index in [1.807, 2.05) is 27.7 Å². The Kier molecular flexibility index (Phi) is 20.7. The summed E-state index contributed by atoms with van der Waals surface area (Å²) in [5, 5.41) is 0. The van der Waals surface area contributed by atoms with Crippen molar-refractivity contribution in [3.8, 4) is 23.0 Å². The van der Waals surface area contributed by atoms with Crippen LogP contribution in [0.1, 0.15) is 178 Å². The van der Waals surface area contributed by atoms with Gasteiger partial charge in [0.2, 0.25) is 0 Å². The van der Waals surface area contributed by atoms with Gasteiger partial charge in [-0.25, -0.2) is 0 Å². The lowest BCUT2D eigenvalue weighted by molar-refractivity contribution is -0.133. The normalized spacial score (nSPS) is 14.4. The lowest BCUT2D eigenvalue weighted by Gasteiger charge is -2.27. The van der Waals surface area contributed by atoms with Crippen LogP contribution in [0.25, 0.3) is 0 Å². The molecule has 408 valence electrons. The highest BCUT2D eigenvalue weighted by Crippen LogP contribution is 2.39. The molecule has 12 heteroatoms. The van der Waals surface area contributed by atoms with E-state index in [9.17, 15) is 9.59 Å². The molecule has 0 N–H and O–H groups in total. The fourth-order valence-corrected chi connectivity index (χ4v) is 9.19. The van der Waals surface area contributed by atoms with Crippen molar-refractivity contribution in [3.05, 3.63) is 115 Å². The number of nitrogens with zero attached hydrogens (tertiary/aromatic N) is 2. The van der Waals surface area contributed by atoms with Gasteiger partial charge in [-0.2, -0.15) is 0 Å². The molecular formula is C62H90N2O10. The number of rotatable bonds is 12. The van der Waals surface area contributed by atoms with E-state index in [0.717, 1.165) is 66.8 Å². The Morgan fingerprint density at radius 2 is 0.568 bits per heavy atom. The predicted octanol–water partition coefficient (Wildman–Crippen LogP) is 12.6. The van der Waals surface area contributed by atoms with Gasteiger partial charge in [-0.05, 0) is 120 Å². The third-order valence-corrected chi connectivity index (χ3v) is 13.8. The molecule has 4 aromatic rings. The summed E-state index contributed by atoms with van der Waals surface area (Å²) in [4.78, 5) is 30.7. The quantitative estimate of drug-likeness (QED) is 0.136. The van der Waals surface area contributed by atoms with Gasteiger partial charge in [0.15, 0.2) is 13.2 Å². The highest BCUT2D eigenvalue weighted by molar-refractivity contribution is 5.78. The zero-order chi connectivity index (χ0) is 54.8. The first kappa shape index (κ1) is 59.7. The van der Waals surface area contributed by atoms with Crippen LogP contribution in [-0.2, 0) is 103 Å². The molecule has 5 rings (SSSR count). The molecule has 0 aromatic heterocycles. The third-order valence-electron chi connectivity index (χ3n) is 13.8. The molecule has 0 radical (unpaired) electrons. The van der Waals surface area contributed by atoms with Crippen LogP contribution in [0.3, 0.4) is 0 Å². The summed E-state index contributed by atoms with van der Waals surface area (Å²) in [6.45, 7) is 37.8. The molecule has 1 aliphatic rings. The second kappa shape index (κ2) is 25.6. The van der Waals surface area contributed by atoms with Crippen molar-refractivity contribution < 1.29 is 47.5 Å². The number of amides is 2. The summed E-state index contributed by atoms with van der Waals surface area (Å²) in [7, 11) is 3.38. The van der Waals surface area contributed by atoms with E-state index < -0.39 is 0 Å². The lowest BCUT2D eigenvalue weighted by Crippen LogP contribution is -2.34. The number of hydrogen-bond donors (Lipinski definition) is 0. The third kappa shape index (κ3) is 15.5. The van der Waals surface area contributed by atoms with E-state index in [1.54, 1.807) is 24.0 Å². The van der Waals surface area contributed by atoms with Gasteiger partial charge >= 0.3 is 0 Å². The first-order valence-electron chi connectivity index (χ1n) is 26.6. The van der Waals surface area contributed by atoms with E-state index >= 15 is 0 Å². The number of carbonyl (C=O) groups excluding carboxylic acids is 2. The van der Waals surface area contributed by atoms with Crippen LogP contribution >= 0.6 is 0 Å². The smallest absolute Gasteiger partial charge is 0.260 e. The molecule has 1 heterocycles. The Morgan fingerprint density at radius 1 is 0.378 bits per heavy atom. The lowest BCUT2D eigenvalue weighted by atomic mass is 9.84. The number of hydrogen-bond acceptors (Lipinski definition) is 10. The van der Waals surface area contributed by atoms with Crippen molar-refractivity contribution in [2.24, 2.45) is 0 Å². The number of methoxy groups -OCH3 is 2. The second-order valence-electron chi connectivity index (χ2n) is 23.6. The first-order valence-corrected chi connectivity index (χ1v) is 26.6. The highest BCUT2D eigenvalue weighted by Gasteiger charge is 2.27. The van der Waals surface area contributed by atoms with Crippen molar-refractivity contribution in [2.45, 2.75) is 185 Å². The summed E-state index contributed by atoms with van der Waals surface area (Å²) >= 11 is 0. The van der Waals surface area contributed by atoms with Crippen LogP contribution in [-0.4, -0.2) is 75.2 Å². The summed E-state index contributed by atoms with van der Waals surface area (Å²) in [6, 6.07) is 17.2. The Bertz CT molecular complexity index is 2360. The fourth-order valence-electron chi connectivity index (χ4n) is 9.19. The minimum absolute atomic E-state index is 0.109. The maximum atomic E-state index is 13.6. The number of fused-ring (bicyclic) bond motifs is 8. The summed E-state index contributed by atoms with van der Waals surface area (Å²) < 4.78 is 52.5. The summed E-state index contributed by atoms with van der Waals surface area (Å²) in [5.41, 5.74) is 10.3. The average Bonchev–Trinajstić information content (AvgIpc) is 3.32. The number of ether oxygens (including phenoxy) is 8. The van der Waals surface area contributed by atoms with Crippen molar-refractivity contribution in [2.75, 3.05) is 53.6 Å². The molecule has 8 bridgehead atoms. The van der Waals surface area contributed by atoms with E-state index in [1.165, 1.54) is 0 Å². The Morgan fingerprint density at radius 3 is 0.730 bits per heavy atom.